The summed E-state index contributed by atoms with van der Waals surface area (Å²) in [6.07, 6.45) is 3.50. The molecular weight excluding hydrogens is 158 g/mol. The van der Waals surface area contributed by atoms with E-state index in [0.717, 1.165) is 0 Å². The first-order valence-electron chi connectivity index (χ1n) is 2.05. The van der Waals surface area contributed by atoms with Crippen molar-refractivity contribution < 1.29 is 17.1 Å². The van der Waals surface area contributed by atoms with Gasteiger partial charge in [0.25, 0.3) is 0 Å². The van der Waals surface area contributed by atoms with Gasteiger partial charge in [-0.3, -0.25) is 4.98 Å². The summed E-state index contributed by atoms with van der Waals surface area (Å²) in [5, 5.41) is 12.0. The van der Waals surface area contributed by atoms with E-state index in [1.807, 2.05) is 18.2 Å². The van der Waals surface area contributed by atoms with E-state index in [-0.39, 0.29) is 17.1 Å². The van der Waals surface area contributed by atoms with Gasteiger partial charge in [0, 0.05) is 40.2 Å². The van der Waals surface area contributed by atoms with E-state index in [9.17, 15) is 0 Å². The van der Waals surface area contributed by atoms with Gasteiger partial charge in [0.1, 0.15) is 0 Å². The maximum absolute atomic E-state index is 6.00. The van der Waals surface area contributed by atoms with Crippen molar-refractivity contribution in [3.8, 4) is 0 Å². The van der Waals surface area contributed by atoms with Gasteiger partial charge in [0.05, 0.1) is 0 Å². The van der Waals surface area contributed by atoms with Crippen molar-refractivity contribution in [1.29, 1.82) is 10.8 Å². The van der Waals surface area contributed by atoms with E-state index in [1.165, 1.54) is 0 Å². The Morgan fingerprint density at radius 1 is 0.889 bits per heavy atom. The summed E-state index contributed by atoms with van der Waals surface area (Å²) in [7, 11) is 0. The van der Waals surface area contributed by atoms with E-state index < -0.39 is 0 Å². The number of pyridine rings is 1. The summed E-state index contributed by atoms with van der Waals surface area (Å²) in [5.74, 6) is 0. The Bertz CT molecular complexity index is 113. The van der Waals surface area contributed by atoms with E-state index in [0.29, 0.717) is 0 Å². The summed E-state index contributed by atoms with van der Waals surface area (Å²) >= 11 is 0. The zero-order valence-electron chi connectivity index (χ0n) is 4.58. The third-order valence-corrected chi connectivity index (χ3v) is 0.566. The van der Waals surface area contributed by atoms with Crippen molar-refractivity contribution in [3.63, 3.8) is 0 Å². The van der Waals surface area contributed by atoms with Gasteiger partial charge < -0.3 is 0 Å². The topological polar surface area (TPSA) is 60.5 Å². The molecule has 1 aromatic rings. The molecule has 0 aliphatic carbocycles. The molecule has 48 valence electrons. The molecule has 0 bridgehead atoms. The van der Waals surface area contributed by atoms with Crippen LogP contribution in [0.15, 0.2) is 30.6 Å². The molecule has 0 aliphatic heterocycles. The zero-order chi connectivity index (χ0) is 6.24. The van der Waals surface area contributed by atoms with Crippen LogP contribution in [0, 0.1) is 10.8 Å². The summed E-state index contributed by atoms with van der Waals surface area (Å²) in [5.41, 5.74) is 0. The van der Waals surface area contributed by atoms with Gasteiger partial charge in [-0.1, -0.05) is 6.07 Å². The van der Waals surface area contributed by atoms with Gasteiger partial charge >= 0.3 is 0 Å². The first-order valence-corrected chi connectivity index (χ1v) is 2.05. The Hall–Kier alpha value is -0.911. The maximum atomic E-state index is 6.00. The molecule has 0 N–H and O–H groups in total. The van der Waals surface area contributed by atoms with Crippen LogP contribution in [-0.2, 0) is 17.1 Å². The van der Waals surface area contributed by atoms with Crippen LogP contribution in [0.25, 0.3) is 0 Å². The van der Waals surface area contributed by atoms with Crippen LogP contribution in [0.2, 0.25) is 0 Å². The smallest absolute Gasteiger partial charge is 0.0267 e. The number of hydrogen-bond acceptors (Lipinski definition) is 3. The normalized spacial score (nSPS) is 5.56. The van der Waals surface area contributed by atoms with Gasteiger partial charge in [-0.15, -0.1) is 0 Å². The van der Waals surface area contributed by atoms with E-state index in [2.05, 4.69) is 4.98 Å². The van der Waals surface area contributed by atoms with Crippen LogP contribution in [-0.4, -0.2) is 4.98 Å². The van der Waals surface area contributed by atoms with Crippen molar-refractivity contribution in [3.05, 3.63) is 30.6 Å². The SMILES string of the molecule is N#N.[Fe].c1ccncc1. The quantitative estimate of drug-likeness (QED) is 0.425. The Balaban J connectivity index is 0. The minimum Gasteiger partial charge on any atom is -0.265 e. The molecule has 0 atom stereocenters. The van der Waals surface area contributed by atoms with Crippen LogP contribution in [0.1, 0.15) is 0 Å². The van der Waals surface area contributed by atoms with Crippen molar-refractivity contribution in [1.82, 2.24) is 4.98 Å². The van der Waals surface area contributed by atoms with E-state index >= 15 is 0 Å². The minimum absolute atomic E-state index is 0. The fourth-order valence-electron chi connectivity index (χ4n) is 0.313. The molecule has 0 saturated carbocycles. The minimum atomic E-state index is 0. The Labute approximate surface area is 64.0 Å². The predicted molar refractivity (Wildman–Crippen MR) is 27.7 cm³/mol. The first kappa shape index (κ1) is 11.0. The second-order valence-corrected chi connectivity index (χ2v) is 1.02. The molecule has 0 unspecified atom stereocenters. The number of rotatable bonds is 0. The van der Waals surface area contributed by atoms with Gasteiger partial charge in [-0.05, 0) is 12.1 Å². The van der Waals surface area contributed by atoms with Gasteiger partial charge in [-0.25, -0.2) is 0 Å². The molecule has 9 heavy (non-hydrogen) atoms. The second kappa shape index (κ2) is 10.1. The third kappa shape index (κ3) is 7.09. The molecule has 4 heteroatoms. The Morgan fingerprint density at radius 2 is 1.33 bits per heavy atom. The molecule has 1 aromatic heterocycles. The molecule has 0 saturated heterocycles. The van der Waals surface area contributed by atoms with Gasteiger partial charge in [0.15, 0.2) is 0 Å². The number of hydrogen-bond donors (Lipinski definition) is 0. The fraction of sp³-hybridized carbons (Fsp3) is 0. The zero-order valence-corrected chi connectivity index (χ0v) is 5.69. The van der Waals surface area contributed by atoms with Crippen LogP contribution in [0.5, 0.6) is 0 Å². The standard InChI is InChI=1S/C5H5N.Fe.N2/c1-2-4-6-5-3-1;;1-2/h1-5H;;. The monoisotopic (exact) mass is 163 g/mol. The predicted octanol–water partition coefficient (Wildman–Crippen LogP) is 1.11. The molecule has 0 radical (unpaired) electrons. The van der Waals surface area contributed by atoms with E-state index in [4.69, 9.17) is 10.8 Å². The molecule has 0 amide bonds. The van der Waals surface area contributed by atoms with Crippen molar-refractivity contribution in [2.75, 3.05) is 0 Å². The maximum Gasteiger partial charge on any atom is 0.0267 e. The van der Waals surface area contributed by atoms with Crippen molar-refractivity contribution in [2.24, 2.45) is 0 Å². The average Bonchev–Trinajstić information content (AvgIpc) is 1.96. The third-order valence-electron chi connectivity index (χ3n) is 0.566. The second-order valence-electron chi connectivity index (χ2n) is 1.02. The molecular formula is C5H5FeN3. The molecule has 1 heterocycles. The number of aromatic nitrogens is 1. The average molecular weight is 163 g/mol. The molecule has 0 aromatic carbocycles. The summed E-state index contributed by atoms with van der Waals surface area (Å²) < 4.78 is 0. The van der Waals surface area contributed by atoms with Gasteiger partial charge in [0.2, 0.25) is 0 Å². The largest absolute Gasteiger partial charge is 0.265 e. The summed E-state index contributed by atoms with van der Waals surface area (Å²) in [6, 6.07) is 5.72. The Morgan fingerprint density at radius 3 is 1.44 bits per heavy atom. The van der Waals surface area contributed by atoms with Crippen LogP contribution in [0.4, 0.5) is 0 Å². The molecule has 1 rings (SSSR count). The van der Waals surface area contributed by atoms with Crippen LogP contribution in [0.3, 0.4) is 0 Å². The van der Waals surface area contributed by atoms with E-state index in [1.54, 1.807) is 12.4 Å². The van der Waals surface area contributed by atoms with Gasteiger partial charge in [-0.2, -0.15) is 0 Å². The van der Waals surface area contributed by atoms with Crippen LogP contribution >= 0.6 is 0 Å². The summed E-state index contributed by atoms with van der Waals surface area (Å²) in [6.45, 7) is 0. The molecule has 0 aliphatic rings. The summed E-state index contributed by atoms with van der Waals surface area (Å²) in [4.78, 5) is 3.78. The Kier molecular flexibility index (Phi) is 12.4. The number of nitrogens with zero attached hydrogens (tertiary/aromatic N) is 3. The first-order chi connectivity index (χ1) is 4.00. The molecule has 0 fully saturated rings. The fourth-order valence-corrected chi connectivity index (χ4v) is 0.313. The van der Waals surface area contributed by atoms with Crippen molar-refractivity contribution >= 4 is 0 Å². The molecule has 3 nitrogen and oxygen atoms in total. The molecule has 0 spiro atoms. The van der Waals surface area contributed by atoms with Crippen molar-refractivity contribution in [2.45, 2.75) is 0 Å². The van der Waals surface area contributed by atoms with Crippen LogP contribution < -0.4 is 0 Å².